The molecule has 0 fully saturated rings. The molecule has 0 spiro atoms. The summed E-state index contributed by atoms with van der Waals surface area (Å²) in [5.74, 6) is 0. The molecule has 0 saturated carbocycles. The van der Waals surface area contributed by atoms with Crippen LogP contribution in [0, 0.1) is 5.21 Å². The van der Waals surface area contributed by atoms with Crippen molar-refractivity contribution in [2.45, 2.75) is 5.03 Å². The molecule has 0 amide bonds. The van der Waals surface area contributed by atoms with Crippen molar-refractivity contribution in [3.8, 4) is 11.3 Å². The molecule has 0 aliphatic carbocycles. The van der Waals surface area contributed by atoms with Gasteiger partial charge in [0.15, 0.2) is 0 Å². The molecule has 90 valence electrons. The predicted molar refractivity (Wildman–Crippen MR) is 57.1 cm³/mol. The van der Waals surface area contributed by atoms with Crippen molar-refractivity contribution in [2.24, 2.45) is 0 Å². The molecule has 0 bridgehead atoms. The van der Waals surface area contributed by atoms with Crippen LogP contribution >= 0.6 is 0 Å². The highest BCUT2D eigenvalue weighted by Crippen LogP contribution is 2.21. The molecule has 0 saturated heterocycles. The van der Waals surface area contributed by atoms with Crippen LogP contribution in [-0.4, -0.2) is 20.6 Å². The maximum Gasteiger partial charge on any atom is 0.354 e. The molecule has 0 aliphatic heterocycles. The first-order chi connectivity index (χ1) is 8.06. The Hall–Kier alpha value is -1.93. The minimum absolute atomic E-state index is 0.0690. The number of sulfonamides is 1. The maximum atomic E-state index is 11.6. The number of hydrogen-bond acceptors (Lipinski definition) is 5. The average molecular weight is 255 g/mol. The van der Waals surface area contributed by atoms with Crippen LogP contribution in [0.1, 0.15) is 0 Å². The highest BCUT2D eigenvalue weighted by molar-refractivity contribution is 7.89. The van der Waals surface area contributed by atoms with Crippen LogP contribution in [0.5, 0.6) is 0 Å². The minimum Gasteiger partial charge on any atom is -0.359 e. The lowest BCUT2D eigenvalue weighted by atomic mass is 10.2. The molecule has 0 unspecified atom stereocenters. The SMILES string of the molecule is CNS(=O)(=O)c1no[n+]([O-])c1-c1ccccc1. The first kappa shape index (κ1) is 11.6. The molecule has 17 heavy (non-hydrogen) atoms. The number of benzene rings is 1. The lowest BCUT2D eigenvalue weighted by molar-refractivity contribution is -0.793. The first-order valence-electron chi connectivity index (χ1n) is 4.65. The summed E-state index contributed by atoms with van der Waals surface area (Å²) in [4.78, 5) is 0.0690. The van der Waals surface area contributed by atoms with E-state index in [2.05, 4.69) is 14.5 Å². The molecule has 1 heterocycles. The van der Waals surface area contributed by atoms with E-state index in [1.54, 1.807) is 30.3 Å². The Labute approximate surface area is 97.3 Å². The second-order valence-corrected chi connectivity index (χ2v) is 4.96. The molecule has 1 aromatic carbocycles. The van der Waals surface area contributed by atoms with Gasteiger partial charge in [0.05, 0.1) is 5.16 Å². The second-order valence-electron chi connectivity index (χ2n) is 3.16. The molecule has 1 N–H and O–H groups in total. The van der Waals surface area contributed by atoms with E-state index in [9.17, 15) is 13.6 Å². The third-order valence-electron chi connectivity index (χ3n) is 2.15. The molecule has 0 aliphatic rings. The highest BCUT2D eigenvalue weighted by Gasteiger charge is 2.31. The summed E-state index contributed by atoms with van der Waals surface area (Å²) in [5.41, 5.74) is 0.275. The standard InChI is InChI=1S/C9H9N3O4S/c1-10-17(14,15)9-8(12(13)16-11-9)7-5-3-2-4-6-7/h2-6,10H,1H3. The molecule has 8 heteroatoms. The van der Waals surface area contributed by atoms with E-state index in [-0.39, 0.29) is 10.6 Å². The van der Waals surface area contributed by atoms with Gasteiger partial charge in [-0.05, 0) is 12.0 Å². The van der Waals surface area contributed by atoms with Gasteiger partial charge in [-0.1, -0.05) is 30.3 Å². The van der Waals surface area contributed by atoms with Crippen molar-refractivity contribution in [3.05, 3.63) is 35.5 Å². The molecule has 0 radical (unpaired) electrons. The lowest BCUT2D eigenvalue weighted by Crippen LogP contribution is -2.27. The summed E-state index contributed by atoms with van der Waals surface area (Å²) in [7, 11) is -2.60. The van der Waals surface area contributed by atoms with Crippen molar-refractivity contribution in [1.29, 1.82) is 0 Å². The van der Waals surface area contributed by atoms with Crippen LogP contribution in [0.4, 0.5) is 0 Å². The van der Waals surface area contributed by atoms with Gasteiger partial charge in [-0.3, -0.25) is 4.63 Å². The molecular formula is C9H9N3O4S. The molecule has 2 aromatic rings. The normalized spacial score (nSPS) is 11.6. The maximum absolute atomic E-state index is 11.6. The first-order valence-corrected chi connectivity index (χ1v) is 6.13. The summed E-state index contributed by atoms with van der Waals surface area (Å²) >= 11 is 0. The highest BCUT2D eigenvalue weighted by atomic mass is 32.2. The Morgan fingerprint density at radius 1 is 1.35 bits per heavy atom. The van der Waals surface area contributed by atoms with Crippen molar-refractivity contribution >= 4 is 10.0 Å². The van der Waals surface area contributed by atoms with Crippen molar-refractivity contribution in [2.75, 3.05) is 7.05 Å². The predicted octanol–water partition coefficient (Wildman–Crippen LogP) is -0.117. The van der Waals surface area contributed by atoms with E-state index < -0.39 is 15.0 Å². The van der Waals surface area contributed by atoms with E-state index in [4.69, 9.17) is 0 Å². The Morgan fingerprint density at radius 3 is 2.59 bits per heavy atom. The van der Waals surface area contributed by atoms with Gasteiger partial charge in [-0.25, -0.2) is 13.1 Å². The fraction of sp³-hybridized carbons (Fsp3) is 0.111. The number of hydrogen-bond donors (Lipinski definition) is 1. The zero-order chi connectivity index (χ0) is 12.5. The van der Waals surface area contributed by atoms with Crippen molar-refractivity contribution in [1.82, 2.24) is 9.88 Å². The van der Waals surface area contributed by atoms with Gasteiger partial charge in [0.2, 0.25) is 5.69 Å². The molecule has 2 rings (SSSR count). The summed E-state index contributed by atoms with van der Waals surface area (Å²) in [6.45, 7) is 0. The zero-order valence-electron chi connectivity index (χ0n) is 8.82. The summed E-state index contributed by atoms with van der Waals surface area (Å²) < 4.78 is 29.7. The fourth-order valence-corrected chi connectivity index (χ4v) is 2.11. The van der Waals surface area contributed by atoms with Gasteiger partial charge in [-0.15, -0.1) is 0 Å². The third kappa shape index (κ3) is 1.99. The van der Waals surface area contributed by atoms with Crippen LogP contribution in [0.15, 0.2) is 40.0 Å². The Balaban J connectivity index is 2.67. The summed E-state index contributed by atoms with van der Waals surface area (Å²) in [6.07, 6.45) is 0. The minimum atomic E-state index is -3.83. The summed E-state index contributed by atoms with van der Waals surface area (Å²) in [5, 5.41) is 14.2. The number of aromatic nitrogens is 2. The van der Waals surface area contributed by atoms with E-state index in [1.165, 1.54) is 7.05 Å². The Morgan fingerprint density at radius 2 is 2.00 bits per heavy atom. The lowest BCUT2D eigenvalue weighted by Gasteiger charge is -1.98. The largest absolute Gasteiger partial charge is 0.359 e. The second kappa shape index (κ2) is 4.15. The quantitative estimate of drug-likeness (QED) is 0.771. The van der Waals surface area contributed by atoms with Crippen LogP contribution in [-0.2, 0) is 10.0 Å². The van der Waals surface area contributed by atoms with Crippen LogP contribution in [0.2, 0.25) is 0 Å². The monoisotopic (exact) mass is 255 g/mol. The molecule has 7 nitrogen and oxygen atoms in total. The third-order valence-corrected chi connectivity index (χ3v) is 3.47. The number of nitrogens with one attached hydrogen (secondary N) is 1. The average Bonchev–Trinajstić information content (AvgIpc) is 2.73. The van der Waals surface area contributed by atoms with Crippen LogP contribution < -0.4 is 9.63 Å². The smallest absolute Gasteiger partial charge is 0.354 e. The number of rotatable bonds is 3. The zero-order valence-corrected chi connectivity index (χ0v) is 9.64. The molecule has 1 aromatic heterocycles. The van der Waals surface area contributed by atoms with Crippen molar-refractivity contribution in [3.63, 3.8) is 0 Å². The van der Waals surface area contributed by atoms with Gasteiger partial charge < -0.3 is 5.21 Å². The Bertz CT molecular complexity index is 621. The molecule has 0 atom stereocenters. The van der Waals surface area contributed by atoms with Gasteiger partial charge in [0.1, 0.15) is 0 Å². The number of nitrogens with zero attached hydrogens (tertiary/aromatic N) is 2. The van der Waals surface area contributed by atoms with Crippen LogP contribution in [0.25, 0.3) is 11.3 Å². The van der Waals surface area contributed by atoms with Crippen LogP contribution in [0.3, 0.4) is 0 Å². The van der Waals surface area contributed by atoms with Gasteiger partial charge in [0.25, 0.3) is 10.0 Å². The fourth-order valence-electron chi connectivity index (χ4n) is 1.33. The van der Waals surface area contributed by atoms with Gasteiger partial charge in [-0.2, -0.15) is 0 Å². The topological polar surface area (TPSA) is 99.1 Å². The van der Waals surface area contributed by atoms with E-state index in [0.717, 1.165) is 0 Å². The van der Waals surface area contributed by atoms with Gasteiger partial charge in [0, 0.05) is 5.56 Å². The van der Waals surface area contributed by atoms with Crippen molar-refractivity contribution < 1.29 is 17.9 Å². The van der Waals surface area contributed by atoms with E-state index >= 15 is 0 Å². The Kier molecular flexibility index (Phi) is 2.82. The van der Waals surface area contributed by atoms with E-state index in [0.29, 0.717) is 5.56 Å². The molecular weight excluding hydrogens is 246 g/mol. The van der Waals surface area contributed by atoms with Gasteiger partial charge >= 0.3 is 5.03 Å². The van der Waals surface area contributed by atoms with E-state index in [1.807, 2.05) is 0 Å². The summed E-state index contributed by atoms with van der Waals surface area (Å²) in [6, 6.07) is 8.29.